The van der Waals surface area contributed by atoms with Gasteiger partial charge in [-0.3, -0.25) is 9.69 Å². The van der Waals surface area contributed by atoms with Crippen LogP contribution in [0.5, 0.6) is 0 Å². The molecule has 2 N–H and O–H groups in total. The fourth-order valence-electron chi connectivity index (χ4n) is 4.76. The number of carbonyl (C=O) groups is 1. The van der Waals surface area contributed by atoms with Crippen LogP contribution < -0.4 is 15.5 Å². The summed E-state index contributed by atoms with van der Waals surface area (Å²) in [7, 11) is 1.96. The lowest BCUT2D eigenvalue weighted by molar-refractivity contribution is 0.0996. The standard InChI is InChI=1S/C25H31FN8O/c1-5-18(27)23-17-13-33(25(35)16(17)11-22(29-23)32(4)14(2)3)20-8-6-7-19(28-20)24-31-30-21-10-9-15(12-26)34(21)24/h6-8,11,14-15,18H,5,9-10,12-13,27H2,1-4H3/t15-,18-/m1/s1. The molecule has 2 aliphatic rings. The van der Waals surface area contributed by atoms with E-state index in [0.717, 1.165) is 22.9 Å². The highest BCUT2D eigenvalue weighted by Crippen LogP contribution is 2.36. The third-order valence-electron chi connectivity index (χ3n) is 7.11. The highest BCUT2D eigenvalue weighted by Gasteiger charge is 2.35. The summed E-state index contributed by atoms with van der Waals surface area (Å²) in [5.74, 6) is 2.40. The molecule has 35 heavy (non-hydrogen) atoms. The predicted molar refractivity (Wildman–Crippen MR) is 132 cm³/mol. The molecule has 3 aromatic rings. The molecule has 0 aromatic carbocycles. The van der Waals surface area contributed by atoms with Crippen molar-refractivity contribution in [3.8, 4) is 11.5 Å². The van der Waals surface area contributed by atoms with Crippen LogP contribution in [0.3, 0.4) is 0 Å². The number of anilines is 2. The van der Waals surface area contributed by atoms with E-state index in [4.69, 9.17) is 15.7 Å². The minimum atomic E-state index is -0.474. The van der Waals surface area contributed by atoms with E-state index in [-0.39, 0.29) is 24.0 Å². The maximum absolute atomic E-state index is 13.6. The SMILES string of the molecule is CC[C@@H](N)c1nc(N(C)C(C)C)cc2c1CN(c1cccc(-c3nnc4n3[C@@H](CF)CC4)n1)C2=O. The second-order valence-corrected chi connectivity index (χ2v) is 9.54. The maximum Gasteiger partial charge on any atom is 0.260 e. The lowest BCUT2D eigenvalue weighted by atomic mass is 10.0. The van der Waals surface area contributed by atoms with Crippen molar-refractivity contribution in [1.82, 2.24) is 24.7 Å². The number of nitrogens with two attached hydrogens (primary N) is 1. The zero-order chi connectivity index (χ0) is 24.9. The molecule has 0 fully saturated rings. The van der Waals surface area contributed by atoms with Crippen molar-refractivity contribution in [2.75, 3.05) is 23.5 Å². The van der Waals surface area contributed by atoms with Gasteiger partial charge >= 0.3 is 0 Å². The molecule has 10 heteroatoms. The molecule has 184 valence electrons. The maximum atomic E-state index is 13.6. The van der Waals surface area contributed by atoms with Gasteiger partial charge in [0.1, 0.15) is 29.8 Å². The first kappa shape index (κ1) is 23.3. The van der Waals surface area contributed by atoms with E-state index in [1.807, 2.05) is 41.6 Å². The number of carbonyl (C=O) groups excluding carboxylic acids is 1. The number of nitrogens with zero attached hydrogens (tertiary/aromatic N) is 7. The van der Waals surface area contributed by atoms with Crippen LogP contribution in [0.2, 0.25) is 0 Å². The molecule has 0 saturated heterocycles. The second kappa shape index (κ2) is 8.99. The predicted octanol–water partition coefficient (Wildman–Crippen LogP) is 3.61. The summed E-state index contributed by atoms with van der Waals surface area (Å²) in [5, 5.41) is 8.50. The number of pyridine rings is 2. The normalized spacial score (nSPS) is 17.7. The summed E-state index contributed by atoms with van der Waals surface area (Å²) in [4.78, 5) is 26.9. The molecule has 9 nitrogen and oxygen atoms in total. The first-order chi connectivity index (χ1) is 16.8. The van der Waals surface area contributed by atoms with Crippen LogP contribution in [-0.4, -0.2) is 50.4 Å². The van der Waals surface area contributed by atoms with E-state index < -0.39 is 6.67 Å². The largest absolute Gasteiger partial charge is 0.357 e. The summed E-state index contributed by atoms with van der Waals surface area (Å²) < 4.78 is 15.4. The molecule has 5 rings (SSSR count). The van der Waals surface area contributed by atoms with Gasteiger partial charge in [0, 0.05) is 31.1 Å². The lowest BCUT2D eigenvalue weighted by Gasteiger charge is -2.25. The Morgan fingerprint density at radius 1 is 1.26 bits per heavy atom. The molecular formula is C25H31FN8O. The van der Waals surface area contributed by atoms with Gasteiger partial charge in [0.25, 0.3) is 5.91 Å². The number of fused-ring (bicyclic) bond motifs is 2. The minimum absolute atomic E-state index is 0.136. The molecular weight excluding hydrogens is 447 g/mol. The number of hydrogen-bond donors (Lipinski definition) is 1. The van der Waals surface area contributed by atoms with Crippen molar-refractivity contribution in [2.45, 2.75) is 64.7 Å². The van der Waals surface area contributed by atoms with Crippen LogP contribution in [0.4, 0.5) is 16.0 Å². The van der Waals surface area contributed by atoms with E-state index in [2.05, 4.69) is 24.0 Å². The van der Waals surface area contributed by atoms with Gasteiger partial charge in [-0.1, -0.05) is 13.0 Å². The Morgan fingerprint density at radius 2 is 2.06 bits per heavy atom. The number of rotatable bonds is 7. The zero-order valence-electron chi connectivity index (χ0n) is 20.6. The first-order valence-electron chi connectivity index (χ1n) is 12.1. The Labute approximate surface area is 204 Å². The topological polar surface area (TPSA) is 106 Å². The average Bonchev–Trinajstić information content (AvgIpc) is 3.56. The van der Waals surface area contributed by atoms with E-state index in [0.29, 0.717) is 48.7 Å². The van der Waals surface area contributed by atoms with E-state index in [9.17, 15) is 9.18 Å². The van der Waals surface area contributed by atoms with Crippen molar-refractivity contribution in [3.63, 3.8) is 0 Å². The molecule has 2 aliphatic heterocycles. The number of aromatic nitrogens is 5. The van der Waals surface area contributed by atoms with Gasteiger partial charge in [0.05, 0.1) is 23.8 Å². The molecule has 3 aromatic heterocycles. The minimum Gasteiger partial charge on any atom is -0.357 e. The smallest absolute Gasteiger partial charge is 0.260 e. The fourth-order valence-corrected chi connectivity index (χ4v) is 4.76. The summed E-state index contributed by atoms with van der Waals surface area (Å²) in [5.41, 5.74) is 9.20. The van der Waals surface area contributed by atoms with E-state index in [1.54, 1.807) is 11.0 Å². The molecule has 0 aliphatic carbocycles. The fraction of sp³-hybridized carbons (Fsp3) is 0.480. The Bertz CT molecular complexity index is 1270. The number of alkyl halides is 1. The van der Waals surface area contributed by atoms with Crippen LogP contribution in [0.1, 0.15) is 73.1 Å². The molecule has 5 heterocycles. The monoisotopic (exact) mass is 478 g/mol. The number of halogens is 1. The molecule has 2 atom stereocenters. The third kappa shape index (κ3) is 3.85. The van der Waals surface area contributed by atoms with Crippen LogP contribution in [0.15, 0.2) is 24.3 Å². The lowest BCUT2D eigenvalue weighted by Crippen LogP contribution is -2.28. The molecule has 0 saturated carbocycles. The second-order valence-electron chi connectivity index (χ2n) is 9.54. The van der Waals surface area contributed by atoms with Crippen molar-refractivity contribution in [3.05, 3.63) is 46.9 Å². The highest BCUT2D eigenvalue weighted by atomic mass is 19.1. The van der Waals surface area contributed by atoms with Gasteiger partial charge < -0.3 is 15.2 Å². The van der Waals surface area contributed by atoms with Gasteiger partial charge in [-0.2, -0.15) is 0 Å². The summed E-state index contributed by atoms with van der Waals surface area (Å²) in [6.45, 7) is 6.04. The molecule has 1 amide bonds. The van der Waals surface area contributed by atoms with Crippen LogP contribution >= 0.6 is 0 Å². The number of aryl methyl sites for hydroxylation is 1. The molecule has 0 bridgehead atoms. The van der Waals surface area contributed by atoms with Gasteiger partial charge in [-0.25, -0.2) is 14.4 Å². The van der Waals surface area contributed by atoms with E-state index >= 15 is 0 Å². The quantitative estimate of drug-likeness (QED) is 0.553. The summed E-state index contributed by atoms with van der Waals surface area (Å²) in [6.07, 6.45) is 2.11. The van der Waals surface area contributed by atoms with Crippen LogP contribution in [0.25, 0.3) is 11.5 Å². The first-order valence-corrected chi connectivity index (χ1v) is 12.1. The molecule has 0 unspecified atom stereocenters. The van der Waals surface area contributed by atoms with Crippen molar-refractivity contribution < 1.29 is 9.18 Å². The average molecular weight is 479 g/mol. The van der Waals surface area contributed by atoms with Gasteiger partial charge in [-0.15, -0.1) is 10.2 Å². The Hall–Kier alpha value is -3.40. The Balaban J connectivity index is 1.53. The van der Waals surface area contributed by atoms with Crippen LogP contribution in [0, 0.1) is 0 Å². The van der Waals surface area contributed by atoms with Gasteiger partial charge in [0.15, 0.2) is 5.82 Å². The Morgan fingerprint density at radius 3 is 2.77 bits per heavy atom. The summed E-state index contributed by atoms with van der Waals surface area (Å²) >= 11 is 0. The summed E-state index contributed by atoms with van der Waals surface area (Å²) in [6, 6.07) is 6.98. The van der Waals surface area contributed by atoms with E-state index in [1.165, 1.54) is 0 Å². The molecule has 0 spiro atoms. The van der Waals surface area contributed by atoms with Crippen molar-refractivity contribution in [2.24, 2.45) is 5.73 Å². The highest BCUT2D eigenvalue weighted by molar-refractivity contribution is 6.10. The van der Waals surface area contributed by atoms with Gasteiger partial charge in [-0.05, 0) is 44.9 Å². The third-order valence-corrected chi connectivity index (χ3v) is 7.11. The number of amides is 1. The number of hydrogen-bond acceptors (Lipinski definition) is 7. The van der Waals surface area contributed by atoms with Crippen LogP contribution in [-0.2, 0) is 13.0 Å². The Kier molecular flexibility index (Phi) is 6.00. The zero-order valence-corrected chi connectivity index (χ0v) is 20.6. The molecule has 0 radical (unpaired) electrons. The van der Waals surface area contributed by atoms with Crippen molar-refractivity contribution in [1.29, 1.82) is 0 Å². The van der Waals surface area contributed by atoms with Crippen molar-refractivity contribution >= 4 is 17.5 Å². The van der Waals surface area contributed by atoms with Gasteiger partial charge in [0.2, 0.25) is 0 Å².